The largest absolute Gasteiger partial charge is 0.335 e. The highest BCUT2D eigenvalue weighted by Gasteiger charge is 2.40. The van der Waals surface area contributed by atoms with Crippen LogP contribution in [0.4, 0.5) is 0 Å². The Bertz CT molecular complexity index is 609. The van der Waals surface area contributed by atoms with Gasteiger partial charge in [0.15, 0.2) is 0 Å². The number of carbonyl (C=O) groups excluding carboxylic acids is 1. The van der Waals surface area contributed by atoms with Gasteiger partial charge in [0, 0.05) is 18.2 Å². The van der Waals surface area contributed by atoms with Crippen LogP contribution in [0.2, 0.25) is 0 Å². The number of rotatable bonds is 2. The van der Waals surface area contributed by atoms with Crippen LogP contribution < -0.4 is 5.14 Å². The lowest BCUT2D eigenvalue weighted by molar-refractivity contribution is 0.0703. The number of nitrogens with two attached hydrogens (primary N) is 1. The zero-order valence-electron chi connectivity index (χ0n) is 10.5. The van der Waals surface area contributed by atoms with Crippen molar-refractivity contribution in [2.24, 2.45) is 11.1 Å². The summed E-state index contributed by atoms with van der Waals surface area (Å²) in [6, 6.07) is 6.21. The van der Waals surface area contributed by atoms with Crippen molar-refractivity contribution < 1.29 is 13.2 Å². The molecule has 6 heteroatoms. The van der Waals surface area contributed by atoms with Gasteiger partial charge in [-0.3, -0.25) is 4.79 Å². The first-order valence-electron chi connectivity index (χ1n) is 6.39. The number of nitrogens with zero attached hydrogens (tertiary/aromatic N) is 1. The molecule has 1 amide bonds. The molecule has 1 aliphatic heterocycles. The van der Waals surface area contributed by atoms with Crippen molar-refractivity contribution >= 4 is 15.9 Å². The van der Waals surface area contributed by atoms with E-state index in [-0.39, 0.29) is 10.8 Å². The summed E-state index contributed by atoms with van der Waals surface area (Å²) in [5.74, 6) is 0.644. The van der Waals surface area contributed by atoms with Gasteiger partial charge in [-0.2, -0.15) is 0 Å². The summed E-state index contributed by atoms with van der Waals surface area (Å²) in [5, 5.41) is 5.03. The number of fused-ring (bicyclic) bond motifs is 2. The molecule has 1 aromatic carbocycles. The van der Waals surface area contributed by atoms with Crippen molar-refractivity contribution in [1.82, 2.24) is 4.90 Å². The third-order valence-corrected chi connectivity index (χ3v) is 5.03. The van der Waals surface area contributed by atoms with Gasteiger partial charge in [0.05, 0.1) is 4.90 Å². The number of sulfonamides is 1. The average Bonchev–Trinajstić information content (AvgIpc) is 2.99. The molecule has 0 aromatic heterocycles. The van der Waals surface area contributed by atoms with Crippen molar-refractivity contribution in [3.63, 3.8) is 0 Å². The summed E-state index contributed by atoms with van der Waals surface area (Å²) in [6.45, 7) is 0.834. The van der Waals surface area contributed by atoms with Crippen LogP contribution >= 0.6 is 0 Å². The molecule has 1 saturated carbocycles. The van der Waals surface area contributed by atoms with E-state index in [1.165, 1.54) is 30.7 Å². The highest BCUT2D eigenvalue weighted by molar-refractivity contribution is 7.89. The molecule has 1 saturated heterocycles. The molecule has 2 atom stereocenters. The van der Waals surface area contributed by atoms with E-state index in [2.05, 4.69) is 0 Å². The van der Waals surface area contributed by atoms with Crippen LogP contribution in [0.3, 0.4) is 0 Å². The fourth-order valence-corrected chi connectivity index (χ4v) is 3.64. The van der Waals surface area contributed by atoms with Gasteiger partial charge in [0.1, 0.15) is 0 Å². The smallest absolute Gasteiger partial charge is 0.254 e. The van der Waals surface area contributed by atoms with Gasteiger partial charge in [0.25, 0.3) is 5.91 Å². The van der Waals surface area contributed by atoms with Crippen molar-refractivity contribution in [2.45, 2.75) is 30.2 Å². The van der Waals surface area contributed by atoms with Gasteiger partial charge < -0.3 is 4.90 Å². The third-order valence-electron chi connectivity index (χ3n) is 4.10. The van der Waals surface area contributed by atoms with E-state index in [0.717, 1.165) is 19.4 Å². The first kappa shape index (κ1) is 12.6. The number of primary sulfonamides is 1. The Labute approximate surface area is 112 Å². The number of likely N-dealkylation sites (tertiary alicyclic amines) is 1. The van der Waals surface area contributed by atoms with E-state index in [1.54, 1.807) is 0 Å². The molecule has 102 valence electrons. The van der Waals surface area contributed by atoms with Gasteiger partial charge in [-0.25, -0.2) is 13.6 Å². The quantitative estimate of drug-likeness (QED) is 0.876. The fourth-order valence-electron chi connectivity index (χ4n) is 3.13. The van der Waals surface area contributed by atoms with E-state index in [9.17, 15) is 13.2 Å². The molecule has 0 radical (unpaired) electrons. The topological polar surface area (TPSA) is 80.5 Å². The maximum Gasteiger partial charge on any atom is 0.254 e. The standard InChI is InChI=1S/C13H16N2O3S/c14-19(17,18)12-5-2-10(3-6-12)13(16)15-8-9-1-4-11(15)7-9/h2-3,5-6,9,11H,1,4,7-8H2,(H2,14,17,18)/t9-,11-/m1/s1. The highest BCUT2D eigenvalue weighted by atomic mass is 32.2. The van der Waals surface area contributed by atoms with Crippen LogP contribution in [-0.4, -0.2) is 31.8 Å². The summed E-state index contributed by atoms with van der Waals surface area (Å²) < 4.78 is 22.3. The zero-order chi connectivity index (χ0) is 13.6. The van der Waals surface area contributed by atoms with Gasteiger partial charge in [-0.15, -0.1) is 0 Å². The number of carbonyl (C=O) groups is 1. The van der Waals surface area contributed by atoms with Gasteiger partial charge >= 0.3 is 0 Å². The molecule has 2 aliphatic rings. The maximum atomic E-state index is 12.3. The molecule has 3 rings (SSSR count). The summed E-state index contributed by atoms with van der Waals surface area (Å²) in [4.78, 5) is 14.3. The lowest BCUT2D eigenvalue weighted by Gasteiger charge is -2.27. The summed E-state index contributed by atoms with van der Waals surface area (Å²) in [6.07, 6.45) is 3.42. The average molecular weight is 280 g/mol. The van der Waals surface area contributed by atoms with E-state index >= 15 is 0 Å². The minimum absolute atomic E-state index is 0.00632. The number of amides is 1. The molecule has 19 heavy (non-hydrogen) atoms. The second-order valence-electron chi connectivity index (χ2n) is 5.36. The molecule has 0 unspecified atom stereocenters. The Balaban J connectivity index is 1.81. The highest BCUT2D eigenvalue weighted by Crippen LogP contribution is 2.38. The summed E-state index contributed by atoms with van der Waals surface area (Å²) in [5.41, 5.74) is 0.528. The first-order valence-corrected chi connectivity index (χ1v) is 7.93. The monoisotopic (exact) mass is 280 g/mol. The Morgan fingerprint density at radius 3 is 2.37 bits per heavy atom. The Morgan fingerprint density at radius 1 is 1.21 bits per heavy atom. The molecule has 5 nitrogen and oxygen atoms in total. The second kappa shape index (κ2) is 4.31. The molecule has 1 aromatic rings. The van der Waals surface area contributed by atoms with Gasteiger partial charge in [-0.05, 0) is 49.4 Å². The van der Waals surface area contributed by atoms with Crippen LogP contribution in [0.25, 0.3) is 0 Å². The molecule has 0 spiro atoms. The van der Waals surface area contributed by atoms with E-state index < -0.39 is 10.0 Å². The second-order valence-corrected chi connectivity index (χ2v) is 6.92. The van der Waals surface area contributed by atoms with Gasteiger partial charge in [0.2, 0.25) is 10.0 Å². The lowest BCUT2D eigenvalue weighted by atomic mass is 10.1. The summed E-state index contributed by atoms with van der Waals surface area (Å²) >= 11 is 0. The molecule has 1 aliphatic carbocycles. The van der Waals surface area contributed by atoms with Crippen LogP contribution in [0.1, 0.15) is 29.6 Å². The maximum absolute atomic E-state index is 12.3. The molecule has 2 N–H and O–H groups in total. The molecule has 1 heterocycles. The SMILES string of the molecule is NS(=O)(=O)c1ccc(C(=O)N2C[C@@H]3CC[C@@H]2C3)cc1. The normalized spacial score (nSPS) is 25.8. The molecule has 2 fully saturated rings. The Kier molecular flexibility index (Phi) is 2.87. The first-order chi connectivity index (χ1) is 8.95. The Hall–Kier alpha value is -1.40. The van der Waals surface area contributed by atoms with E-state index in [4.69, 9.17) is 5.14 Å². The van der Waals surface area contributed by atoms with Crippen molar-refractivity contribution in [3.05, 3.63) is 29.8 Å². The van der Waals surface area contributed by atoms with Gasteiger partial charge in [-0.1, -0.05) is 0 Å². The van der Waals surface area contributed by atoms with Crippen LogP contribution in [0.5, 0.6) is 0 Å². The predicted molar refractivity (Wildman–Crippen MR) is 70.0 cm³/mol. The number of hydrogen-bond donors (Lipinski definition) is 1. The number of benzene rings is 1. The molecular formula is C13H16N2O3S. The number of hydrogen-bond acceptors (Lipinski definition) is 3. The lowest BCUT2D eigenvalue weighted by Crippen LogP contribution is -2.37. The van der Waals surface area contributed by atoms with Crippen LogP contribution in [0.15, 0.2) is 29.2 Å². The minimum atomic E-state index is -3.70. The van der Waals surface area contributed by atoms with Crippen LogP contribution in [-0.2, 0) is 10.0 Å². The fraction of sp³-hybridized carbons (Fsp3) is 0.462. The molecule has 2 bridgehead atoms. The van der Waals surface area contributed by atoms with E-state index in [1.807, 2.05) is 4.90 Å². The van der Waals surface area contributed by atoms with E-state index in [0.29, 0.717) is 17.5 Å². The van der Waals surface area contributed by atoms with Crippen molar-refractivity contribution in [3.8, 4) is 0 Å². The zero-order valence-corrected chi connectivity index (χ0v) is 11.3. The van der Waals surface area contributed by atoms with Crippen molar-refractivity contribution in [1.29, 1.82) is 0 Å². The number of piperidine rings is 1. The Morgan fingerprint density at radius 2 is 1.89 bits per heavy atom. The predicted octanol–water partition coefficient (Wildman–Crippen LogP) is 0.958. The van der Waals surface area contributed by atoms with Crippen molar-refractivity contribution in [2.75, 3.05) is 6.54 Å². The summed E-state index contributed by atoms with van der Waals surface area (Å²) in [7, 11) is -3.70. The minimum Gasteiger partial charge on any atom is -0.335 e. The molecular weight excluding hydrogens is 264 g/mol. The third kappa shape index (κ3) is 2.26. The van der Waals surface area contributed by atoms with Crippen LogP contribution in [0, 0.1) is 5.92 Å².